The van der Waals surface area contributed by atoms with E-state index in [0.29, 0.717) is 5.92 Å². The maximum Gasteiger partial charge on any atom is 0.221 e. The predicted molar refractivity (Wildman–Crippen MR) is 76.6 cm³/mol. The molecule has 2 fully saturated rings. The van der Waals surface area contributed by atoms with Gasteiger partial charge in [-0.1, -0.05) is 56.5 Å². The summed E-state index contributed by atoms with van der Waals surface area (Å²) < 4.78 is 0. The number of rotatable bonds is 2. The van der Waals surface area contributed by atoms with Gasteiger partial charge in [0.25, 0.3) is 0 Å². The average Bonchev–Trinajstić information content (AvgIpc) is 2.77. The molecule has 2 nitrogen and oxygen atoms in total. The maximum atomic E-state index is 12.1. The molecule has 1 saturated carbocycles. The van der Waals surface area contributed by atoms with Crippen molar-refractivity contribution in [3.63, 3.8) is 0 Å². The molecule has 1 saturated heterocycles. The Labute approximate surface area is 115 Å². The van der Waals surface area contributed by atoms with Crippen molar-refractivity contribution < 1.29 is 4.79 Å². The first kappa shape index (κ1) is 12.7. The molecule has 3 unspecified atom stereocenters. The number of hydrogen-bond donors (Lipinski definition) is 1. The second kappa shape index (κ2) is 4.99. The van der Waals surface area contributed by atoms with Gasteiger partial charge in [0, 0.05) is 11.8 Å². The monoisotopic (exact) mass is 257 g/mol. The Morgan fingerprint density at radius 3 is 2.79 bits per heavy atom. The third-order valence-corrected chi connectivity index (χ3v) is 5.25. The second-order valence-corrected chi connectivity index (χ2v) is 6.17. The molecule has 1 aliphatic carbocycles. The van der Waals surface area contributed by atoms with Crippen molar-refractivity contribution in [1.82, 2.24) is 5.32 Å². The van der Waals surface area contributed by atoms with Gasteiger partial charge in [-0.3, -0.25) is 4.79 Å². The van der Waals surface area contributed by atoms with Crippen LogP contribution in [0.1, 0.15) is 57.1 Å². The molecule has 1 spiro atoms. The minimum atomic E-state index is 0.172. The molecule has 0 aromatic heterocycles. The molecule has 2 aliphatic rings. The van der Waals surface area contributed by atoms with Crippen LogP contribution in [-0.4, -0.2) is 5.91 Å². The van der Waals surface area contributed by atoms with Crippen LogP contribution in [0.25, 0.3) is 0 Å². The lowest BCUT2D eigenvalue weighted by Crippen LogP contribution is -2.38. The summed E-state index contributed by atoms with van der Waals surface area (Å²) in [5.74, 6) is 0.930. The van der Waals surface area contributed by atoms with Gasteiger partial charge >= 0.3 is 0 Å². The van der Waals surface area contributed by atoms with E-state index in [-0.39, 0.29) is 17.4 Å². The first-order chi connectivity index (χ1) is 9.26. The Morgan fingerprint density at radius 2 is 2.05 bits per heavy atom. The van der Waals surface area contributed by atoms with E-state index in [4.69, 9.17) is 0 Å². The van der Waals surface area contributed by atoms with Gasteiger partial charge in [-0.25, -0.2) is 0 Å². The molecule has 1 aliphatic heterocycles. The van der Waals surface area contributed by atoms with E-state index in [1.54, 1.807) is 0 Å². The molecule has 1 aromatic rings. The van der Waals surface area contributed by atoms with E-state index in [1.807, 2.05) is 6.07 Å². The van der Waals surface area contributed by atoms with Crippen LogP contribution in [0.4, 0.5) is 0 Å². The minimum Gasteiger partial charge on any atom is -0.349 e. The van der Waals surface area contributed by atoms with E-state index in [9.17, 15) is 4.79 Å². The first-order valence-electron chi connectivity index (χ1n) is 7.60. The summed E-state index contributed by atoms with van der Waals surface area (Å²) in [6, 6.07) is 10.8. The highest BCUT2D eigenvalue weighted by atomic mass is 16.2. The lowest BCUT2D eigenvalue weighted by Gasteiger charge is -2.44. The summed E-state index contributed by atoms with van der Waals surface area (Å²) in [4.78, 5) is 12.1. The Kier molecular flexibility index (Phi) is 3.34. The number of nitrogens with one attached hydrogen (secondary N) is 1. The van der Waals surface area contributed by atoms with Gasteiger partial charge in [0.05, 0.1) is 6.04 Å². The molecule has 1 aromatic carbocycles. The smallest absolute Gasteiger partial charge is 0.221 e. The quantitative estimate of drug-likeness (QED) is 0.857. The highest BCUT2D eigenvalue weighted by Crippen LogP contribution is 2.55. The third kappa shape index (κ3) is 2.07. The molecule has 19 heavy (non-hydrogen) atoms. The van der Waals surface area contributed by atoms with Crippen LogP contribution >= 0.6 is 0 Å². The lowest BCUT2D eigenvalue weighted by molar-refractivity contribution is -0.120. The zero-order valence-corrected chi connectivity index (χ0v) is 11.7. The zero-order valence-electron chi connectivity index (χ0n) is 11.7. The van der Waals surface area contributed by atoms with Crippen molar-refractivity contribution in [1.29, 1.82) is 0 Å². The van der Waals surface area contributed by atoms with Crippen LogP contribution in [0.15, 0.2) is 30.3 Å². The van der Waals surface area contributed by atoms with Crippen LogP contribution in [0.2, 0.25) is 0 Å². The topological polar surface area (TPSA) is 29.1 Å². The molecule has 1 amide bonds. The van der Waals surface area contributed by atoms with Crippen LogP contribution in [0.5, 0.6) is 0 Å². The van der Waals surface area contributed by atoms with Gasteiger partial charge in [-0.15, -0.1) is 0 Å². The van der Waals surface area contributed by atoms with Crippen molar-refractivity contribution in [2.24, 2.45) is 11.3 Å². The van der Waals surface area contributed by atoms with Crippen LogP contribution < -0.4 is 5.32 Å². The van der Waals surface area contributed by atoms with E-state index in [0.717, 1.165) is 6.42 Å². The number of carbonyl (C=O) groups is 1. The van der Waals surface area contributed by atoms with E-state index in [1.165, 1.54) is 37.7 Å². The fourth-order valence-electron chi connectivity index (χ4n) is 4.38. The molecule has 1 N–H and O–H groups in total. The molecule has 3 atom stereocenters. The predicted octanol–water partition coefficient (Wildman–Crippen LogP) is 3.83. The van der Waals surface area contributed by atoms with E-state index in [2.05, 4.69) is 36.5 Å². The molecular weight excluding hydrogens is 234 g/mol. The number of hydrogen-bond acceptors (Lipinski definition) is 1. The van der Waals surface area contributed by atoms with Crippen molar-refractivity contribution in [2.45, 2.75) is 51.5 Å². The fourth-order valence-corrected chi connectivity index (χ4v) is 4.38. The molecule has 102 valence electrons. The summed E-state index contributed by atoms with van der Waals surface area (Å²) in [7, 11) is 0. The van der Waals surface area contributed by atoms with Crippen LogP contribution in [-0.2, 0) is 4.79 Å². The minimum absolute atomic E-state index is 0.172. The summed E-state index contributed by atoms with van der Waals surface area (Å²) in [6.45, 7) is 2.28. The summed E-state index contributed by atoms with van der Waals surface area (Å²) >= 11 is 0. The Morgan fingerprint density at radius 1 is 1.26 bits per heavy atom. The van der Waals surface area contributed by atoms with Crippen molar-refractivity contribution in [3.05, 3.63) is 35.9 Å². The van der Waals surface area contributed by atoms with Gasteiger partial charge in [0.15, 0.2) is 0 Å². The first-order valence-corrected chi connectivity index (χ1v) is 7.60. The van der Waals surface area contributed by atoms with E-state index < -0.39 is 0 Å². The van der Waals surface area contributed by atoms with Gasteiger partial charge < -0.3 is 5.32 Å². The molecule has 0 radical (unpaired) electrons. The standard InChI is InChI=1S/C17H23NO/c1-2-14-10-6-7-11-17(14)12-15(19)18-16(17)13-8-4-3-5-9-13/h3-5,8-9,14,16H,2,6-7,10-12H2,1H3,(H,18,19). The molecular formula is C17H23NO. The third-order valence-electron chi connectivity index (χ3n) is 5.25. The number of benzene rings is 1. The van der Waals surface area contributed by atoms with Crippen molar-refractivity contribution in [3.8, 4) is 0 Å². The van der Waals surface area contributed by atoms with Crippen LogP contribution in [0.3, 0.4) is 0 Å². The second-order valence-electron chi connectivity index (χ2n) is 6.17. The highest BCUT2D eigenvalue weighted by Gasteiger charge is 2.52. The Bertz CT molecular complexity index is 456. The summed E-state index contributed by atoms with van der Waals surface area (Å²) in [6.07, 6.45) is 7.01. The van der Waals surface area contributed by atoms with Gasteiger partial charge in [0.2, 0.25) is 5.91 Å². The molecule has 0 bridgehead atoms. The normalized spacial score (nSPS) is 34.5. The molecule has 2 heteroatoms. The van der Waals surface area contributed by atoms with Gasteiger partial charge in [-0.05, 0) is 24.3 Å². The fraction of sp³-hybridized carbons (Fsp3) is 0.588. The largest absolute Gasteiger partial charge is 0.349 e. The Balaban J connectivity index is 1.99. The van der Waals surface area contributed by atoms with Crippen molar-refractivity contribution >= 4 is 5.91 Å². The number of carbonyl (C=O) groups excluding carboxylic acids is 1. The maximum absolute atomic E-state index is 12.1. The Hall–Kier alpha value is -1.31. The highest BCUT2D eigenvalue weighted by molar-refractivity contribution is 5.80. The average molecular weight is 257 g/mol. The SMILES string of the molecule is CCC1CCCCC12CC(=O)NC2c1ccccc1. The van der Waals surface area contributed by atoms with Gasteiger partial charge in [0.1, 0.15) is 0 Å². The summed E-state index contributed by atoms with van der Waals surface area (Å²) in [5, 5.41) is 3.26. The number of amides is 1. The van der Waals surface area contributed by atoms with Gasteiger partial charge in [-0.2, -0.15) is 0 Å². The summed E-state index contributed by atoms with van der Waals surface area (Å²) in [5.41, 5.74) is 1.46. The molecule has 3 rings (SSSR count). The van der Waals surface area contributed by atoms with Crippen LogP contribution in [0, 0.1) is 11.3 Å². The van der Waals surface area contributed by atoms with E-state index >= 15 is 0 Å². The van der Waals surface area contributed by atoms with Crippen molar-refractivity contribution in [2.75, 3.05) is 0 Å². The molecule has 1 heterocycles. The lowest BCUT2D eigenvalue weighted by atomic mass is 9.60. The zero-order chi connectivity index (χ0) is 13.3.